The van der Waals surface area contributed by atoms with Crippen molar-refractivity contribution in [3.63, 3.8) is 0 Å². The van der Waals surface area contributed by atoms with Gasteiger partial charge in [-0.25, -0.2) is 0 Å². The van der Waals surface area contributed by atoms with Crippen LogP contribution in [0.3, 0.4) is 0 Å². The Morgan fingerprint density at radius 3 is 2.13 bits per heavy atom. The molecule has 1 aromatic carbocycles. The molecule has 0 atom stereocenters. The molecule has 0 N–H and O–H groups in total. The van der Waals surface area contributed by atoms with Crippen LogP contribution in [0.4, 0.5) is 0 Å². The fourth-order valence-electron chi connectivity index (χ4n) is 1.34. The zero-order valence-electron chi connectivity index (χ0n) is 8.29. The summed E-state index contributed by atoms with van der Waals surface area (Å²) in [6.07, 6.45) is 0.679. The minimum absolute atomic E-state index is 0.194. The normalized spacial score (nSPS) is 8.80. The van der Waals surface area contributed by atoms with Crippen molar-refractivity contribution >= 4 is 21.5 Å². The van der Waals surface area contributed by atoms with Crippen LogP contribution in [0.1, 0.15) is 18.9 Å². The first-order valence-corrected chi connectivity index (χ1v) is 5.31. The van der Waals surface area contributed by atoms with E-state index in [1.54, 1.807) is 0 Å². The smallest absolute Gasteiger partial charge is 0.133 e. The van der Waals surface area contributed by atoms with Crippen LogP contribution in [-0.2, 0) is 0 Å². The number of hydrogen-bond acceptors (Lipinski definition) is 2. The molecule has 0 heterocycles. The quantitative estimate of drug-likeness (QED) is 0.762. The maximum Gasteiger partial charge on any atom is 0.133 e. The van der Waals surface area contributed by atoms with E-state index in [0.717, 1.165) is 15.6 Å². The van der Waals surface area contributed by atoms with Gasteiger partial charge in [-0.2, -0.15) is 10.5 Å². The molecule has 1 aromatic rings. The topological polar surface area (TPSA) is 47.6 Å². The second kappa shape index (κ2) is 5.34. The molecular formula is C12H9BrN2. The largest absolute Gasteiger partial charge is 0.192 e. The Kier molecular flexibility index (Phi) is 4.09. The van der Waals surface area contributed by atoms with Gasteiger partial charge in [0, 0.05) is 4.47 Å². The number of halogens is 1. The lowest BCUT2D eigenvalue weighted by Gasteiger charge is -2.04. The summed E-state index contributed by atoms with van der Waals surface area (Å²) in [6, 6.07) is 11.4. The summed E-state index contributed by atoms with van der Waals surface area (Å²) in [5.74, 6) is 0. The van der Waals surface area contributed by atoms with E-state index in [1.165, 1.54) is 0 Å². The number of nitrogens with zero attached hydrogens (tertiary/aromatic N) is 2. The highest BCUT2D eigenvalue weighted by molar-refractivity contribution is 9.10. The van der Waals surface area contributed by atoms with Crippen LogP contribution >= 0.6 is 15.9 Å². The van der Waals surface area contributed by atoms with Crippen molar-refractivity contribution in [2.45, 2.75) is 13.3 Å². The second-order valence-electron chi connectivity index (χ2n) is 2.94. The Hall–Kier alpha value is -1.58. The van der Waals surface area contributed by atoms with Crippen molar-refractivity contribution in [1.29, 1.82) is 10.5 Å². The van der Waals surface area contributed by atoms with Crippen molar-refractivity contribution in [3.05, 3.63) is 39.9 Å². The molecule has 3 heteroatoms. The van der Waals surface area contributed by atoms with Crippen molar-refractivity contribution in [3.8, 4) is 12.1 Å². The first kappa shape index (κ1) is 11.5. The molecule has 0 aliphatic heterocycles. The summed E-state index contributed by atoms with van der Waals surface area (Å²) in [7, 11) is 0. The SMILES string of the molecule is CCC(=C(C#N)C#N)c1ccc(Br)cc1. The standard InChI is InChI=1S/C12H9BrN2/c1-2-12(10(7-14)8-15)9-3-5-11(13)6-4-9/h3-6H,2H2,1H3. The molecule has 0 amide bonds. The predicted octanol–water partition coefficient (Wildman–Crippen LogP) is 3.66. The van der Waals surface area contributed by atoms with Gasteiger partial charge in [0.05, 0.1) is 0 Å². The highest BCUT2D eigenvalue weighted by Gasteiger charge is 2.06. The van der Waals surface area contributed by atoms with E-state index in [4.69, 9.17) is 10.5 Å². The molecule has 0 saturated carbocycles. The van der Waals surface area contributed by atoms with Gasteiger partial charge in [0.15, 0.2) is 0 Å². The van der Waals surface area contributed by atoms with Gasteiger partial charge >= 0.3 is 0 Å². The van der Waals surface area contributed by atoms with E-state index in [2.05, 4.69) is 15.9 Å². The molecule has 0 bridgehead atoms. The summed E-state index contributed by atoms with van der Waals surface area (Å²) < 4.78 is 0.983. The average Bonchev–Trinajstić information content (AvgIpc) is 2.27. The van der Waals surface area contributed by atoms with Crippen LogP contribution in [-0.4, -0.2) is 0 Å². The fourth-order valence-corrected chi connectivity index (χ4v) is 1.60. The number of hydrogen-bond donors (Lipinski definition) is 0. The molecule has 15 heavy (non-hydrogen) atoms. The minimum atomic E-state index is 0.194. The lowest BCUT2D eigenvalue weighted by atomic mass is 9.99. The van der Waals surface area contributed by atoms with Gasteiger partial charge in [0.2, 0.25) is 0 Å². The molecule has 74 valence electrons. The molecular weight excluding hydrogens is 252 g/mol. The maximum atomic E-state index is 8.80. The maximum absolute atomic E-state index is 8.80. The van der Waals surface area contributed by atoms with Gasteiger partial charge in [0.25, 0.3) is 0 Å². The van der Waals surface area contributed by atoms with Crippen molar-refractivity contribution in [2.24, 2.45) is 0 Å². The average molecular weight is 261 g/mol. The van der Waals surface area contributed by atoms with E-state index in [9.17, 15) is 0 Å². The van der Waals surface area contributed by atoms with Gasteiger partial charge in [-0.05, 0) is 29.7 Å². The van der Waals surface area contributed by atoms with Crippen molar-refractivity contribution in [1.82, 2.24) is 0 Å². The monoisotopic (exact) mass is 260 g/mol. The van der Waals surface area contributed by atoms with Crippen LogP contribution in [0.2, 0.25) is 0 Å². The van der Waals surface area contributed by atoms with Crippen LogP contribution in [0, 0.1) is 22.7 Å². The van der Waals surface area contributed by atoms with E-state index in [-0.39, 0.29) is 5.57 Å². The third-order valence-corrected chi connectivity index (χ3v) is 2.60. The Balaban J connectivity index is 3.27. The Morgan fingerprint density at radius 2 is 1.73 bits per heavy atom. The van der Waals surface area contributed by atoms with Crippen LogP contribution < -0.4 is 0 Å². The summed E-state index contributed by atoms with van der Waals surface area (Å²) in [5.41, 5.74) is 1.92. The number of nitriles is 2. The van der Waals surface area contributed by atoms with Crippen molar-refractivity contribution < 1.29 is 0 Å². The Morgan fingerprint density at radius 1 is 1.20 bits per heavy atom. The van der Waals surface area contributed by atoms with Crippen LogP contribution in [0.15, 0.2) is 34.3 Å². The molecule has 0 saturated heterocycles. The van der Waals surface area contributed by atoms with Crippen molar-refractivity contribution in [2.75, 3.05) is 0 Å². The van der Waals surface area contributed by atoms with E-state index in [0.29, 0.717) is 6.42 Å². The molecule has 0 unspecified atom stereocenters. The van der Waals surface area contributed by atoms with E-state index >= 15 is 0 Å². The molecule has 0 fully saturated rings. The van der Waals surface area contributed by atoms with Gasteiger partial charge in [-0.3, -0.25) is 0 Å². The molecule has 0 spiro atoms. The second-order valence-corrected chi connectivity index (χ2v) is 3.85. The first-order chi connectivity index (χ1) is 7.22. The van der Waals surface area contributed by atoms with Crippen LogP contribution in [0.25, 0.3) is 5.57 Å². The summed E-state index contributed by atoms with van der Waals surface area (Å²) in [4.78, 5) is 0. The van der Waals surface area contributed by atoms with E-state index < -0.39 is 0 Å². The van der Waals surface area contributed by atoms with Gasteiger partial charge < -0.3 is 0 Å². The first-order valence-electron chi connectivity index (χ1n) is 4.52. The molecule has 0 aromatic heterocycles. The molecule has 1 rings (SSSR count). The fraction of sp³-hybridized carbons (Fsp3) is 0.167. The lowest BCUT2D eigenvalue weighted by molar-refractivity contribution is 1.23. The van der Waals surface area contributed by atoms with E-state index in [1.807, 2.05) is 43.3 Å². The van der Waals surface area contributed by atoms with Gasteiger partial charge in [0.1, 0.15) is 17.7 Å². The third-order valence-electron chi connectivity index (χ3n) is 2.07. The van der Waals surface area contributed by atoms with Crippen LogP contribution in [0.5, 0.6) is 0 Å². The highest BCUT2D eigenvalue weighted by Crippen LogP contribution is 2.23. The number of allylic oxidation sites excluding steroid dienone is 2. The molecule has 2 nitrogen and oxygen atoms in total. The summed E-state index contributed by atoms with van der Waals surface area (Å²) in [6.45, 7) is 1.94. The Labute approximate surface area is 97.6 Å². The van der Waals surface area contributed by atoms with Gasteiger partial charge in [-0.15, -0.1) is 0 Å². The zero-order chi connectivity index (χ0) is 11.3. The summed E-state index contributed by atoms with van der Waals surface area (Å²) in [5, 5.41) is 17.6. The number of benzene rings is 1. The molecule has 0 aliphatic rings. The minimum Gasteiger partial charge on any atom is -0.192 e. The Bertz CT molecular complexity index is 442. The number of rotatable bonds is 2. The summed E-state index contributed by atoms with van der Waals surface area (Å²) >= 11 is 3.34. The highest BCUT2D eigenvalue weighted by atomic mass is 79.9. The predicted molar refractivity (Wildman–Crippen MR) is 62.6 cm³/mol. The molecule has 0 radical (unpaired) electrons. The van der Waals surface area contributed by atoms with Gasteiger partial charge in [-0.1, -0.05) is 35.0 Å². The molecule has 0 aliphatic carbocycles. The lowest BCUT2D eigenvalue weighted by Crippen LogP contribution is -1.87. The third kappa shape index (κ3) is 2.68. The zero-order valence-corrected chi connectivity index (χ0v) is 9.87.